The molecule has 0 spiro atoms. The molecule has 3 heterocycles. The number of nitrogens with zero attached hydrogens (tertiary/aromatic N) is 2. The molecule has 0 bridgehead atoms. The molecule has 20 nitrogen and oxygen atoms in total. The Bertz CT molecular complexity index is 1560. The molecule has 3 fully saturated rings. The smallest absolute Gasteiger partial charge is 0.379 e. The molecule has 3 aliphatic heterocycles. The van der Waals surface area contributed by atoms with Gasteiger partial charge in [0.1, 0.15) is 6.54 Å². The minimum absolute atomic E-state index is 0.0391. The van der Waals surface area contributed by atoms with Gasteiger partial charge in [0.15, 0.2) is 0 Å². The molecule has 59 heavy (non-hydrogen) atoms. The fraction of sp³-hybridized carbons (Fsp3) is 0.632. The molecular weight excluding hydrogens is 793 g/mol. The maximum atomic E-state index is 12.8. The van der Waals surface area contributed by atoms with Gasteiger partial charge in [0, 0.05) is 63.1 Å². The zero-order chi connectivity index (χ0) is 42.2. The molecule has 3 atom stereocenters. The monoisotopic (exact) mass is 848 g/mol. The number of hydrogen-bond acceptors (Lipinski definition) is 13. The Labute approximate surface area is 347 Å². The van der Waals surface area contributed by atoms with Crippen molar-refractivity contribution in [3.05, 3.63) is 35.9 Å². The van der Waals surface area contributed by atoms with Crippen molar-refractivity contribution in [3.8, 4) is 0 Å². The van der Waals surface area contributed by atoms with Crippen LogP contribution in [-0.4, -0.2) is 153 Å². The lowest BCUT2D eigenvalue weighted by atomic mass is 10.0. The van der Waals surface area contributed by atoms with E-state index >= 15 is 0 Å². The molecule has 3 aliphatic rings. The van der Waals surface area contributed by atoms with Crippen LogP contribution in [0.4, 0.5) is 9.59 Å². The van der Waals surface area contributed by atoms with E-state index < -0.39 is 48.7 Å². The van der Waals surface area contributed by atoms with Crippen molar-refractivity contribution >= 4 is 59.3 Å². The standard InChI is InChI=1S/C38H56N8O12S/c47-30(11-5-4-10-29-36-28(26-59-29)43-37(53)44-36)39-14-6-16-55-18-20-57-21-19-56-17-7-15-40-31(48)22-41-32(49)23-42-33(50)25-45(24-27-8-2-1-3-9-27)38(54)58-46-34(51)12-13-35(46)52/h1-3,8-9,28-29,36H,4-7,10-26H2,(H,39,47)(H,40,48)(H,41,49)(H,42,50)(H2,43,44,53). The minimum atomic E-state index is -1.09. The molecule has 0 radical (unpaired) electrons. The number of rotatable bonds is 28. The van der Waals surface area contributed by atoms with Crippen molar-refractivity contribution in [2.45, 2.75) is 75.2 Å². The van der Waals surface area contributed by atoms with E-state index in [-0.39, 0.29) is 50.0 Å². The normalized spacial score (nSPS) is 18.1. The van der Waals surface area contributed by atoms with Gasteiger partial charge in [-0.1, -0.05) is 36.8 Å². The molecule has 0 aliphatic carbocycles. The first-order valence-electron chi connectivity index (χ1n) is 19.9. The van der Waals surface area contributed by atoms with Crippen molar-refractivity contribution < 1.29 is 57.4 Å². The highest BCUT2D eigenvalue weighted by Gasteiger charge is 2.42. The van der Waals surface area contributed by atoms with E-state index in [2.05, 4.69) is 31.9 Å². The van der Waals surface area contributed by atoms with Gasteiger partial charge < -0.3 is 50.9 Å². The Hall–Kier alpha value is -4.99. The number of ether oxygens (including phenoxy) is 3. The molecule has 3 unspecified atom stereocenters. The van der Waals surface area contributed by atoms with Crippen LogP contribution >= 0.6 is 11.8 Å². The number of amides is 9. The third-order valence-corrected chi connectivity index (χ3v) is 10.8. The number of carbonyl (C=O) groups is 8. The number of unbranched alkanes of at least 4 members (excludes halogenated alkanes) is 1. The minimum Gasteiger partial charge on any atom is -0.379 e. The summed E-state index contributed by atoms with van der Waals surface area (Å²) in [5.41, 5.74) is 0.655. The van der Waals surface area contributed by atoms with Crippen LogP contribution in [0.3, 0.4) is 0 Å². The molecule has 21 heteroatoms. The van der Waals surface area contributed by atoms with E-state index in [1.165, 1.54) is 0 Å². The largest absolute Gasteiger partial charge is 0.435 e. The van der Waals surface area contributed by atoms with Gasteiger partial charge in [-0.2, -0.15) is 11.8 Å². The number of imide groups is 1. The first kappa shape index (κ1) is 46.7. The average Bonchev–Trinajstić information content (AvgIpc) is 3.89. The number of benzene rings is 1. The second-order valence-corrected chi connectivity index (χ2v) is 15.2. The third kappa shape index (κ3) is 17.8. The molecule has 4 rings (SSSR count). The molecule has 3 saturated heterocycles. The third-order valence-electron chi connectivity index (χ3n) is 9.28. The fourth-order valence-electron chi connectivity index (χ4n) is 6.20. The van der Waals surface area contributed by atoms with Crippen LogP contribution in [0.25, 0.3) is 0 Å². The molecule has 6 N–H and O–H groups in total. The van der Waals surface area contributed by atoms with E-state index in [0.717, 1.165) is 29.9 Å². The second-order valence-electron chi connectivity index (χ2n) is 13.9. The highest BCUT2D eigenvalue weighted by atomic mass is 32.2. The van der Waals surface area contributed by atoms with Gasteiger partial charge in [-0.25, -0.2) is 9.59 Å². The predicted molar refractivity (Wildman–Crippen MR) is 212 cm³/mol. The summed E-state index contributed by atoms with van der Waals surface area (Å²) < 4.78 is 16.5. The molecule has 1 aromatic carbocycles. The van der Waals surface area contributed by atoms with E-state index in [1.54, 1.807) is 30.3 Å². The average molecular weight is 849 g/mol. The summed E-state index contributed by atoms with van der Waals surface area (Å²) >= 11 is 1.88. The summed E-state index contributed by atoms with van der Waals surface area (Å²) in [5.74, 6) is -2.11. The van der Waals surface area contributed by atoms with Gasteiger partial charge in [0.25, 0.3) is 11.8 Å². The van der Waals surface area contributed by atoms with Crippen LogP contribution in [0.2, 0.25) is 0 Å². The van der Waals surface area contributed by atoms with Gasteiger partial charge in [-0.3, -0.25) is 33.7 Å². The lowest BCUT2D eigenvalue weighted by Crippen LogP contribution is -2.46. The molecule has 1 aromatic rings. The lowest BCUT2D eigenvalue weighted by molar-refractivity contribution is -0.173. The van der Waals surface area contributed by atoms with Crippen LogP contribution in [0.15, 0.2) is 30.3 Å². The van der Waals surface area contributed by atoms with E-state index in [4.69, 9.17) is 19.0 Å². The highest BCUT2D eigenvalue weighted by Crippen LogP contribution is 2.33. The molecule has 0 saturated carbocycles. The summed E-state index contributed by atoms with van der Waals surface area (Å²) in [7, 11) is 0. The number of urea groups is 1. The van der Waals surface area contributed by atoms with Gasteiger partial charge in [0.05, 0.1) is 51.6 Å². The molecule has 9 amide bonds. The Balaban J connectivity index is 0.906. The van der Waals surface area contributed by atoms with Gasteiger partial charge in [-0.15, -0.1) is 5.06 Å². The Morgan fingerprint density at radius 3 is 1.97 bits per heavy atom. The van der Waals surface area contributed by atoms with Gasteiger partial charge in [0.2, 0.25) is 23.6 Å². The summed E-state index contributed by atoms with van der Waals surface area (Å²) in [4.78, 5) is 103. The SMILES string of the molecule is O=C(CCCCC1SCC2NC(=O)NC21)NCCCOCCOCCOCCCNC(=O)CNC(=O)CNC(=O)CN(Cc1ccccc1)C(=O)ON1C(=O)CCC1=O. The predicted octanol–water partition coefficient (Wildman–Crippen LogP) is -0.290. The van der Waals surface area contributed by atoms with Crippen LogP contribution in [0, 0.1) is 0 Å². The van der Waals surface area contributed by atoms with Crippen LogP contribution in [0.5, 0.6) is 0 Å². The van der Waals surface area contributed by atoms with Crippen molar-refractivity contribution in [2.75, 3.05) is 78.1 Å². The maximum absolute atomic E-state index is 12.8. The Morgan fingerprint density at radius 1 is 0.712 bits per heavy atom. The number of hydrogen-bond donors (Lipinski definition) is 6. The number of fused-ring (bicyclic) bond motifs is 1. The Kier molecular flexibility index (Phi) is 20.7. The first-order chi connectivity index (χ1) is 28.6. The topological polar surface area (TPSA) is 252 Å². The van der Waals surface area contributed by atoms with Crippen LogP contribution in [-0.2, 0) is 54.4 Å². The number of hydroxylamine groups is 2. The second kappa shape index (κ2) is 26.2. The number of thioether (sulfide) groups is 1. The van der Waals surface area contributed by atoms with Crippen molar-refractivity contribution in [1.29, 1.82) is 0 Å². The zero-order valence-electron chi connectivity index (χ0n) is 33.2. The van der Waals surface area contributed by atoms with E-state index in [1.807, 2.05) is 11.8 Å². The van der Waals surface area contributed by atoms with Crippen molar-refractivity contribution in [3.63, 3.8) is 0 Å². The van der Waals surface area contributed by atoms with Crippen LogP contribution < -0.4 is 31.9 Å². The van der Waals surface area contributed by atoms with Crippen molar-refractivity contribution in [1.82, 2.24) is 41.9 Å². The number of carbonyl (C=O) groups excluding carboxylic acids is 8. The lowest BCUT2D eigenvalue weighted by Gasteiger charge is -2.23. The quantitative estimate of drug-likeness (QED) is 0.0361. The maximum Gasteiger partial charge on any atom is 0.435 e. The zero-order valence-corrected chi connectivity index (χ0v) is 34.0. The summed E-state index contributed by atoms with van der Waals surface area (Å²) in [6.07, 6.45) is 3.25. The molecular formula is C38H56N8O12S. The highest BCUT2D eigenvalue weighted by molar-refractivity contribution is 8.00. The fourth-order valence-corrected chi connectivity index (χ4v) is 7.75. The summed E-state index contributed by atoms with van der Waals surface area (Å²) in [5, 5.41) is 17.1. The summed E-state index contributed by atoms with van der Waals surface area (Å²) in [6, 6.07) is 9.02. The van der Waals surface area contributed by atoms with Gasteiger partial charge in [-0.05, 0) is 31.2 Å². The van der Waals surface area contributed by atoms with Gasteiger partial charge >= 0.3 is 12.1 Å². The van der Waals surface area contributed by atoms with E-state index in [0.29, 0.717) is 87.9 Å². The van der Waals surface area contributed by atoms with Crippen LogP contribution in [0.1, 0.15) is 56.9 Å². The molecule has 0 aromatic heterocycles. The number of nitrogens with one attached hydrogen (secondary N) is 6. The summed E-state index contributed by atoms with van der Waals surface area (Å²) in [6.45, 7) is 2.00. The van der Waals surface area contributed by atoms with E-state index in [9.17, 15) is 38.4 Å². The van der Waals surface area contributed by atoms with Crippen molar-refractivity contribution in [2.24, 2.45) is 0 Å². The molecule has 326 valence electrons. The Morgan fingerprint density at radius 2 is 1.31 bits per heavy atom. The first-order valence-corrected chi connectivity index (χ1v) is 21.0.